The zero-order valence-electron chi connectivity index (χ0n) is 12.8. The number of aryl methyl sites for hydroxylation is 1. The first-order chi connectivity index (χ1) is 11.0. The van der Waals surface area contributed by atoms with Crippen LogP contribution in [0.25, 0.3) is 10.9 Å². The third-order valence-corrected chi connectivity index (χ3v) is 4.58. The second kappa shape index (κ2) is 6.69. The molecule has 0 spiro atoms. The molecular formula is C18H16ClNO2S. The van der Waals surface area contributed by atoms with Crippen LogP contribution in [-0.2, 0) is 0 Å². The standard InChI is InChI=1S/C18H16ClNO2S/c1-11-18(21)9-13-3-8-16(10-17(13)20-11)23-12(2)22-15-6-4-14(19)5-7-15/h3-10,12,21H,1-2H3. The molecule has 0 saturated heterocycles. The predicted molar refractivity (Wildman–Crippen MR) is 95.5 cm³/mol. The minimum absolute atomic E-state index is 0.0492. The summed E-state index contributed by atoms with van der Waals surface area (Å²) in [4.78, 5) is 5.48. The van der Waals surface area contributed by atoms with E-state index in [2.05, 4.69) is 4.98 Å². The maximum atomic E-state index is 9.72. The molecule has 1 atom stereocenters. The Kier molecular flexibility index (Phi) is 4.64. The van der Waals surface area contributed by atoms with Crippen molar-refractivity contribution < 1.29 is 9.84 Å². The van der Waals surface area contributed by atoms with Crippen LogP contribution in [0.1, 0.15) is 12.6 Å². The molecule has 0 aliphatic carbocycles. The lowest BCUT2D eigenvalue weighted by Gasteiger charge is -2.14. The van der Waals surface area contributed by atoms with Crippen molar-refractivity contribution in [3.63, 3.8) is 0 Å². The first-order valence-electron chi connectivity index (χ1n) is 7.20. The van der Waals surface area contributed by atoms with Crippen LogP contribution in [0, 0.1) is 6.92 Å². The SMILES string of the molecule is Cc1nc2cc(SC(C)Oc3ccc(Cl)cc3)ccc2cc1O. The molecule has 118 valence electrons. The molecule has 5 heteroatoms. The lowest BCUT2D eigenvalue weighted by Crippen LogP contribution is -2.06. The monoisotopic (exact) mass is 345 g/mol. The fraction of sp³-hybridized carbons (Fsp3) is 0.167. The average molecular weight is 346 g/mol. The van der Waals surface area contributed by atoms with E-state index in [0.717, 1.165) is 21.5 Å². The highest BCUT2D eigenvalue weighted by molar-refractivity contribution is 7.99. The molecule has 0 fully saturated rings. The van der Waals surface area contributed by atoms with Gasteiger partial charge in [0, 0.05) is 15.3 Å². The van der Waals surface area contributed by atoms with Crippen LogP contribution in [0.15, 0.2) is 53.4 Å². The summed E-state index contributed by atoms with van der Waals surface area (Å²) < 4.78 is 5.87. The Labute approximate surface area is 144 Å². The number of hydrogen-bond donors (Lipinski definition) is 1. The Morgan fingerprint density at radius 3 is 2.61 bits per heavy atom. The van der Waals surface area contributed by atoms with Gasteiger partial charge in [-0.05, 0) is 56.3 Å². The summed E-state index contributed by atoms with van der Waals surface area (Å²) in [6, 6.07) is 15.0. The van der Waals surface area contributed by atoms with Gasteiger partial charge in [-0.25, -0.2) is 4.98 Å². The number of aromatic hydroxyl groups is 1. The average Bonchev–Trinajstić information content (AvgIpc) is 2.51. The number of nitrogens with zero attached hydrogens (tertiary/aromatic N) is 1. The Morgan fingerprint density at radius 2 is 1.87 bits per heavy atom. The van der Waals surface area contributed by atoms with E-state index in [1.807, 2.05) is 49.4 Å². The van der Waals surface area contributed by atoms with Crippen molar-refractivity contribution in [2.75, 3.05) is 0 Å². The number of ether oxygens (including phenoxy) is 1. The van der Waals surface area contributed by atoms with Gasteiger partial charge in [-0.1, -0.05) is 29.4 Å². The molecule has 0 aliphatic heterocycles. The van der Waals surface area contributed by atoms with Crippen molar-refractivity contribution in [2.45, 2.75) is 24.2 Å². The quantitative estimate of drug-likeness (QED) is 0.506. The van der Waals surface area contributed by atoms with E-state index in [4.69, 9.17) is 16.3 Å². The van der Waals surface area contributed by atoms with E-state index in [0.29, 0.717) is 10.7 Å². The number of halogens is 1. The van der Waals surface area contributed by atoms with Crippen LogP contribution in [0.4, 0.5) is 0 Å². The van der Waals surface area contributed by atoms with Gasteiger partial charge in [-0.2, -0.15) is 0 Å². The van der Waals surface area contributed by atoms with Crippen LogP contribution in [-0.4, -0.2) is 15.5 Å². The van der Waals surface area contributed by atoms with Crippen molar-refractivity contribution in [3.8, 4) is 11.5 Å². The van der Waals surface area contributed by atoms with Crippen molar-refractivity contribution in [2.24, 2.45) is 0 Å². The van der Waals surface area contributed by atoms with Gasteiger partial charge in [0.1, 0.15) is 16.9 Å². The zero-order valence-corrected chi connectivity index (χ0v) is 14.4. The molecule has 0 amide bonds. The normalized spacial score (nSPS) is 12.3. The fourth-order valence-corrected chi connectivity index (χ4v) is 3.22. The summed E-state index contributed by atoms with van der Waals surface area (Å²) in [5.41, 5.74) is 1.45. The minimum atomic E-state index is -0.0492. The molecule has 0 radical (unpaired) electrons. The summed E-state index contributed by atoms with van der Waals surface area (Å²) in [5.74, 6) is 1.01. The first kappa shape index (κ1) is 16.0. The van der Waals surface area contributed by atoms with E-state index < -0.39 is 0 Å². The zero-order chi connectivity index (χ0) is 16.4. The minimum Gasteiger partial charge on any atom is -0.506 e. The van der Waals surface area contributed by atoms with Gasteiger partial charge >= 0.3 is 0 Å². The Morgan fingerprint density at radius 1 is 1.13 bits per heavy atom. The molecular weight excluding hydrogens is 330 g/mol. The van der Waals surface area contributed by atoms with Gasteiger partial charge in [0.05, 0.1) is 11.2 Å². The molecule has 23 heavy (non-hydrogen) atoms. The maximum Gasteiger partial charge on any atom is 0.146 e. The highest BCUT2D eigenvalue weighted by Crippen LogP contribution is 2.30. The van der Waals surface area contributed by atoms with E-state index >= 15 is 0 Å². The number of benzene rings is 2. The van der Waals surface area contributed by atoms with Gasteiger partial charge in [0.2, 0.25) is 0 Å². The molecule has 0 saturated carbocycles. The lowest BCUT2D eigenvalue weighted by molar-refractivity contribution is 0.308. The Balaban J connectivity index is 1.75. The Hall–Kier alpha value is -1.91. The molecule has 3 aromatic rings. The summed E-state index contributed by atoms with van der Waals surface area (Å²) in [6.45, 7) is 3.79. The first-order valence-corrected chi connectivity index (χ1v) is 8.46. The summed E-state index contributed by atoms with van der Waals surface area (Å²) in [6.07, 6.45) is 0. The third-order valence-electron chi connectivity index (χ3n) is 3.37. The van der Waals surface area contributed by atoms with Crippen LogP contribution in [0.3, 0.4) is 0 Å². The van der Waals surface area contributed by atoms with Crippen molar-refractivity contribution >= 4 is 34.3 Å². The lowest BCUT2D eigenvalue weighted by atomic mass is 10.2. The molecule has 1 aromatic heterocycles. The Bertz CT molecular complexity index is 836. The van der Waals surface area contributed by atoms with Crippen LogP contribution >= 0.6 is 23.4 Å². The van der Waals surface area contributed by atoms with E-state index in [-0.39, 0.29) is 11.2 Å². The highest BCUT2D eigenvalue weighted by Gasteiger charge is 2.08. The number of pyridine rings is 1. The molecule has 3 nitrogen and oxygen atoms in total. The molecule has 3 rings (SSSR count). The molecule has 2 aromatic carbocycles. The number of fused-ring (bicyclic) bond motifs is 1. The third kappa shape index (κ3) is 3.89. The van der Waals surface area contributed by atoms with Gasteiger partial charge in [-0.3, -0.25) is 0 Å². The largest absolute Gasteiger partial charge is 0.506 e. The number of hydrogen-bond acceptors (Lipinski definition) is 4. The van der Waals surface area contributed by atoms with Gasteiger partial charge in [0.25, 0.3) is 0 Å². The second-order valence-electron chi connectivity index (χ2n) is 5.20. The fourth-order valence-electron chi connectivity index (χ4n) is 2.23. The molecule has 1 unspecified atom stereocenters. The molecule has 1 N–H and O–H groups in total. The topological polar surface area (TPSA) is 42.4 Å². The van der Waals surface area contributed by atoms with Crippen molar-refractivity contribution in [1.29, 1.82) is 0 Å². The summed E-state index contributed by atoms with van der Waals surface area (Å²) >= 11 is 7.48. The van der Waals surface area contributed by atoms with Gasteiger partial charge < -0.3 is 9.84 Å². The van der Waals surface area contributed by atoms with Crippen LogP contribution in [0.2, 0.25) is 5.02 Å². The smallest absolute Gasteiger partial charge is 0.146 e. The van der Waals surface area contributed by atoms with Crippen LogP contribution < -0.4 is 4.74 Å². The van der Waals surface area contributed by atoms with Crippen molar-refractivity contribution in [1.82, 2.24) is 4.98 Å². The van der Waals surface area contributed by atoms with E-state index in [9.17, 15) is 5.11 Å². The molecule has 0 bridgehead atoms. The maximum absolute atomic E-state index is 9.72. The van der Waals surface area contributed by atoms with E-state index in [1.54, 1.807) is 24.8 Å². The highest BCUT2D eigenvalue weighted by atomic mass is 35.5. The van der Waals surface area contributed by atoms with Crippen molar-refractivity contribution in [3.05, 3.63) is 59.2 Å². The number of thioether (sulfide) groups is 1. The van der Waals surface area contributed by atoms with Gasteiger partial charge in [0.15, 0.2) is 0 Å². The summed E-state index contributed by atoms with van der Waals surface area (Å²) in [7, 11) is 0. The molecule has 0 aliphatic rings. The van der Waals surface area contributed by atoms with Crippen LogP contribution in [0.5, 0.6) is 11.5 Å². The predicted octanol–water partition coefficient (Wildman–Crippen LogP) is 5.42. The van der Waals surface area contributed by atoms with Gasteiger partial charge in [-0.15, -0.1) is 0 Å². The summed E-state index contributed by atoms with van der Waals surface area (Å²) in [5, 5.41) is 11.3. The second-order valence-corrected chi connectivity index (χ2v) is 7.01. The van der Waals surface area contributed by atoms with E-state index in [1.165, 1.54) is 0 Å². The number of aromatic nitrogens is 1. The number of rotatable bonds is 4. The molecule has 1 heterocycles.